The molecule has 114 valence electrons. The number of nitriles is 1. The predicted molar refractivity (Wildman–Crippen MR) is 77.2 cm³/mol. The highest BCUT2D eigenvalue weighted by molar-refractivity contribution is 7.89. The molecule has 0 radical (unpaired) electrons. The summed E-state index contributed by atoms with van der Waals surface area (Å²) in [5, 5.41) is 17.6. The largest absolute Gasteiger partial charge is 0.481 e. The Bertz CT molecular complexity index is 675. The first kappa shape index (κ1) is 17.1. The summed E-state index contributed by atoms with van der Waals surface area (Å²) in [6.45, 7) is 4.91. The van der Waals surface area contributed by atoms with Gasteiger partial charge in [-0.1, -0.05) is 0 Å². The average Bonchev–Trinajstić information content (AvgIpc) is 2.37. The lowest BCUT2D eigenvalue weighted by Gasteiger charge is -2.26. The molecule has 0 amide bonds. The molecule has 1 aromatic rings. The highest BCUT2D eigenvalue weighted by Crippen LogP contribution is 2.23. The third-order valence-corrected chi connectivity index (χ3v) is 5.25. The van der Waals surface area contributed by atoms with Crippen molar-refractivity contribution in [2.24, 2.45) is 0 Å². The molecule has 0 atom stereocenters. The summed E-state index contributed by atoms with van der Waals surface area (Å²) in [5.74, 6) is -1.05. The second-order valence-corrected chi connectivity index (χ2v) is 6.80. The van der Waals surface area contributed by atoms with Crippen molar-refractivity contribution in [3.63, 3.8) is 0 Å². The van der Waals surface area contributed by atoms with Crippen LogP contribution in [0.25, 0.3) is 0 Å². The van der Waals surface area contributed by atoms with Gasteiger partial charge in [0.15, 0.2) is 0 Å². The Labute approximate surface area is 124 Å². The zero-order valence-electron chi connectivity index (χ0n) is 12.2. The standard InChI is InChI=1S/C14H18N2O4S/c1-10(2)16(7-6-14(17)18)21(19,20)13-5-4-12(9-15)8-11(13)3/h4-5,8,10H,6-7H2,1-3H3,(H,17,18). The summed E-state index contributed by atoms with van der Waals surface area (Å²) in [5.41, 5.74) is 0.850. The number of hydrogen-bond acceptors (Lipinski definition) is 4. The van der Waals surface area contributed by atoms with Gasteiger partial charge in [-0.15, -0.1) is 0 Å². The highest BCUT2D eigenvalue weighted by atomic mass is 32.2. The number of nitrogens with zero attached hydrogens (tertiary/aromatic N) is 2. The van der Waals surface area contributed by atoms with Gasteiger partial charge in [0.05, 0.1) is 22.9 Å². The van der Waals surface area contributed by atoms with Gasteiger partial charge in [-0.05, 0) is 44.5 Å². The molecule has 0 spiro atoms. The molecule has 0 aliphatic carbocycles. The van der Waals surface area contributed by atoms with Crippen LogP contribution in [-0.2, 0) is 14.8 Å². The van der Waals surface area contributed by atoms with Gasteiger partial charge < -0.3 is 5.11 Å². The number of hydrogen-bond donors (Lipinski definition) is 1. The Morgan fingerprint density at radius 3 is 2.48 bits per heavy atom. The summed E-state index contributed by atoms with van der Waals surface area (Å²) < 4.78 is 26.5. The molecular formula is C14H18N2O4S. The number of aryl methyl sites for hydroxylation is 1. The van der Waals surface area contributed by atoms with E-state index in [1.54, 1.807) is 20.8 Å². The normalized spacial score (nSPS) is 11.6. The second-order valence-electron chi connectivity index (χ2n) is 4.95. The van der Waals surface area contributed by atoms with Crippen LogP contribution in [-0.4, -0.2) is 36.4 Å². The van der Waals surface area contributed by atoms with Gasteiger partial charge >= 0.3 is 5.97 Å². The topological polar surface area (TPSA) is 98.5 Å². The third-order valence-electron chi connectivity index (χ3n) is 3.01. The summed E-state index contributed by atoms with van der Waals surface area (Å²) in [4.78, 5) is 10.8. The van der Waals surface area contributed by atoms with E-state index < -0.39 is 16.0 Å². The van der Waals surface area contributed by atoms with Gasteiger partial charge in [0.2, 0.25) is 10.0 Å². The number of carbonyl (C=O) groups is 1. The minimum absolute atomic E-state index is 0.0885. The Hall–Kier alpha value is -1.91. The average molecular weight is 310 g/mol. The molecule has 0 aliphatic heterocycles. The van der Waals surface area contributed by atoms with Crippen molar-refractivity contribution in [2.75, 3.05) is 6.54 Å². The van der Waals surface area contributed by atoms with Crippen molar-refractivity contribution < 1.29 is 18.3 Å². The minimum atomic E-state index is -3.79. The first-order valence-electron chi connectivity index (χ1n) is 6.44. The van der Waals surface area contributed by atoms with E-state index in [1.165, 1.54) is 18.2 Å². The predicted octanol–water partition coefficient (Wildman–Crippen LogP) is 1.74. The Kier molecular flexibility index (Phi) is 5.47. The molecule has 1 rings (SSSR count). The van der Waals surface area contributed by atoms with Crippen molar-refractivity contribution in [2.45, 2.75) is 38.1 Å². The number of carboxylic acids is 1. The summed E-state index contributed by atoms with van der Waals surface area (Å²) in [7, 11) is -3.79. The molecule has 21 heavy (non-hydrogen) atoms. The Balaban J connectivity index is 3.23. The van der Waals surface area contributed by atoms with Gasteiger partial charge in [0, 0.05) is 12.6 Å². The van der Waals surface area contributed by atoms with Crippen molar-refractivity contribution in [3.05, 3.63) is 29.3 Å². The van der Waals surface area contributed by atoms with Crippen molar-refractivity contribution in [1.29, 1.82) is 5.26 Å². The van der Waals surface area contributed by atoms with Crippen molar-refractivity contribution in [3.8, 4) is 6.07 Å². The monoisotopic (exact) mass is 310 g/mol. The van der Waals surface area contributed by atoms with E-state index in [4.69, 9.17) is 10.4 Å². The second kappa shape index (κ2) is 6.70. The number of benzene rings is 1. The maximum absolute atomic E-state index is 12.7. The van der Waals surface area contributed by atoms with Crippen LogP contribution < -0.4 is 0 Å². The molecule has 0 unspecified atom stereocenters. The summed E-state index contributed by atoms with van der Waals surface area (Å²) >= 11 is 0. The van der Waals surface area contributed by atoms with E-state index in [9.17, 15) is 13.2 Å². The molecule has 1 N–H and O–H groups in total. The summed E-state index contributed by atoms with van der Waals surface area (Å²) in [6, 6.07) is 5.93. The molecule has 0 aliphatic rings. The van der Waals surface area contributed by atoms with E-state index in [0.29, 0.717) is 11.1 Å². The molecule has 0 aromatic heterocycles. The van der Waals surface area contributed by atoms with Crippen LogP contribution in [0.15, 0.2) is 23.1 Å². The van der Waals surface area contributed by atoms with Gasteiger partial charge in [-0.25, -0.2) is 8.42 Å². The minimum Gasteiger partial charge on any atom is -0.481 e. The fraction of sp³-hybridized carbons (Fsp3) is 0.429. The van der Waals surface area contributed by atoms with Crippen LogP contribution in [0.4, 0.5) is 0 Å². The molecule has 0 saturated heterocycles. The van der Waals surface area contributed by atoms with Crippen LogP contribution in [0.1, 0.15) is 31.4 Å². The molecule has 0 fully saturated rings. The van der Waals surface area contributed by atoms with Crippen LogP contribution in [0.2, 0.25) is 0 Å². The lowest BCUT2D eigenvalue weighted by atomic mass is 10.2. The van der Waals surface area contributed by atoms with Crippen LogP contribution in [0, 0.1) is 18.3 Å². The Morgan fingerprint density at radius 2 is 2.05 bits per heavy atom. The maximum atomic E-state index is 12.7. The summed E-state index contributed by atoms with van der Waals surface area (Å²) in [6.07, 6.45) is -0.257. The first-order valence-corrected chi connectivity index (χ1v) is 7.88. The fourth-order valence-electron chi connectivity index (χ4n) is 2.00. The third kappa shape index (κ3) is 4.03. The van der Waals surface area contributed by atoms with Crippen molar-refractivity contribution >= 4 is 16.0 Å². The van der Waals surface area contributed by atoms with Crippen LogP contribution in [0.3, 0.4) is 0 Å². The molecular weight excluding hydrogens is 292 g/mol. The molecule has 6 nitrogen and oxygen atoms in total. The van der Waals surface area contributed by atoms with Gasteiger partial charge in [-0.3, -0.25) is 4.79 Å². The van der Waals surface area contributed by atoms with E-state index in [1.807, 2.05) is 6.07 Å². The maximum Gasteiger partial charge on any atom is 0.304 e. The number of sulfonamides is 1. The molecule has 0 saturated carbocycles. The van der Waals surface area contributed by atoms with E-state index in [-0.39, 0.29) is 23.9 Å². The molecule has 0 heterocycles. The SMILES string of the molecule is Cc1cc(C#N)ccc1S(=O)(=O)N(CCC(=O)O)C(C)C. The van der Waals surface area contributed by atoms with E-state index >= 15 is 0 Å². The zero-order valence-corrected chi connectivity index (χ0v) is 13.0. The fourth-order valence-corrected chi connectivity index (χ4v) is 3.84. The number of carboxylic acid groups (broad SMARTS) is 1. The number of aliphatic carboxylic acids is 1. The smallest absolute Gasteiger partial charge is 0.304 e. The van der Waals surface area contributed by atoms with Crippen molar-refractivity contribution in [1.82, 2.24) is 4.31 Å². The molecule has 7 heteroatoms. The van der Waals surface area contributed by atoms with Gasteiger partial charge in [-0.2, -0.15) is 9.57 Å². The van der Waals surface area contributed by atoms with Crippen LogP contribution in [0.5, 0.6) is 0 Å². The number of rotatable bonds is 6. The quantitative estimate of drug-likeness (QED) is 0.863. The lowest BCUT2D eigenvalue weighted by molar-refractivity contribution is -0.137. The molecule has 1 aromatic carbocycles. The molecule has 0 bridgehead atoms. The highest BCUT2D eigenvalue weighted by Gasteiger charge is 2.28. The van der Waals surface area contributed by atoms with E-state index in [0.717, 1.165) is 4.31 Å². The zero-order chi connectivity index (χ0) is 16.2. The van der Waals surface area contributed by atoms with E-state index in [2.05, 4.69) is 0 Å². The Morgan fingerprint density at radius 1 is 1.43 bits per heavy atom. The lowest BCUT2D eigenvalue weighted by Crippen LogP contribution is -2.38. The first-order chi connectivity index (χ1) is 9.70. The van der Waals surface area contributed by atoms with Gasteiger partial charge in [0.25, 0.3) is 0 Å². The van der Waals surface area contributed by atoms with Gasteiger partial charge in [0.1, 0.15) is 0 Å². The van der Waals surface area contributed by atoms with Crippen LogP contribution >= 0.6 is 0 Å².